The van der Waals surface area contributed by atoms with Gasteiger partial charge < -0.3 is 9.64 Å². The van der Waals surface area contributed by atoms with Crippen molar-refractivity contribution in [1.29, 1.82) is 0 Å². The maximum absolute atomic E-state index is 6.40. The second-order valence-electron chi connectivity index (χ2n) is 8.79. The Hall–Kier alpha value is -1.32. The molecule has 6 atom stereocenters. The highest BCUT2D eigenvalue weighted by atomic mass is 16.5. The van der Waals surface area contributed by atoms with Crippen LogP contribution in [-0.2, 0) is 10.2 Å². The highest BCUT2D eigenvalue weighted by molar-refractivity contribution is 5.67. The highest BCUT2D eigenvalue weighted by Gasteiger charge is 2.69. The molecule has 1 saturated carbocycles. The number of rotatable bonds is 0. The number of piperidine rings is 2. The Bertz CT molecular complexity index is 773. The topological polar surface area (TPSA) is 15.7 Å². The second-order valence-corrected chi connectivity index (χ2v) is 8.79. The van der Waals surface area contributed by atoms with Gasteiger partial charge in [-0.25, -0.2) is 0 Å². The molecule has 0 amide bonds. The van der Waals surface area contributed by atoms with Crippen LogP contribution in [0.5, 0.6) is 0 Å². The maximum Gasteiger partial charge on any atom is 0.0654 e. The summed E-state index contributed by atoms with van der Waals surface area (Å²) in [5.74, 6) is 1.48. The van der Waals surface area contributed by atoms with Crippen molar-refractivity contribution >= 4 is 5.69 Å². The van der Waals surface area contributed by atoms with Crippen LogP contribution in [-0.4, -0.2) is 49.3 Å². The average molecular weight is 320 g/mol. The fourth-order valence-electron chi connectivity index (χ4n) is 7.68. The average Bonchev–Trinajstić information content (AvgIpc) is 3.08. The second kappa shape index (κ2) is 4.08. The summed E-state index contributed by atoms with van der Waals surface area (Å²) in [4.78, 5) is 5.62. The van der Waals surface area contributed by atoms with E-state index in [1.807, 2.05) is 0 Å². The summed E-state index contributed by atoms with van der Waals surface area (Å²) in [6.07, 6.45) is 6.84. The molecule has 3 saturated heterocycles. The molecule has 1 aliphatic carbocycles. The molecule has 5 heterocycles. The van der Waals surface area contributed by atoms with E-state index in [1.165, 1.54) is 38.9 Å². The minimum absolute atomic E-state index is 0.371. The molecule has 1 aromatic carbocycles. The van der Waals surface area contributed by atoms with Gasteiger partial charge in [0.1, 0.15) is 0 Å². The first-order valence-corrected chi connectivity index (χ1v) is 9.79. The molecule has 124 valence electrons. The number of fused-ring (bicyclic) bond motifs is 2. The number of para-hydroxylation sites is 1. The minimum atomic E-state index is 0.371. The van der Waals surface area contributed by atoms with Crippen LogP contribution in [0.1, 0.15) is 24.8 Å². The molecule has 0 unspecified atom stereocenters. The predicted molar refractivity (Wildman–Crippen MR) is 93.3 cm³/mol. The first-order chi connectivity index (χ1) is 11.9. The van der Waals surface area contributed by atoms with E-state index in [1.54, 1.807) is 16.8 Å². The normalized spacial score (nSPS) is 47.2. The summed E-state index contributed by atoms with van der Waals surface area (Å²) in [6, 6.07) is 10.8. The van der Waals surface area contributed by atoms with E-state index in [-0.39, 0.29) is 0 Å². The molecular formula is C21H24N2O. The van der Waals surface area contributed by atoms with Gasteiger partial charge in [-0.1, -0.05) is 29.8 Å². The smallest absolute Gasteiger partial charge is 0.0654 e. The largest absolute Gasteiger partial charge is 0.374 e. The quantitative estimate of drug-likeness (QED) is 0.683. The van der Waals surface area contributed by atoms with Crippen LogP contribution in [0.15, 0.2) is 35.9 Å². The molecule has 5 aliphatic heterocycles. The molecular weight excluding hydrogens is 296 g/mol. The lowest BCUT2D eigenvalue weighted by molar-refractivity contribution is -0.0566. The number of nitrogens with zero attached hydrogens (tertiary/aromatic N) is 2. The van der Waals surface area contributed by atoms with Crippen LogP contribution < -0.4 is 4.90 Å². The summed E-state index contributed by atoms with van der Waals surface area (Å²) in [5, 5.41) is 0. The van der Waals surface area contributed by atoms with Crippen LogP contribution in [0.4, 0.5) is 5.69 Å². The van der Waals surface area contributed by atoms with Crippen molar-refractivity contribution in [2.45, 2.75) is 42.9 Å². The van der Waals surface area contributed by atoms with Gasteiger partial charge in [0.05, 0.1) is 12.7 Å². The lowest BCUT2D eigenvalue weighted by atomic mass is 9.53. The molecule has 0 N–H and O–H groups in total. The third-order valence-corrected chi connectivity index (χ3v) is 8.33. The van der Waals surface area contributed by atoms with Crippen molar-refractivity contribution in [3.63, 3.8) is 0 Å². The van der Waals surface area contributed by atoms with Crippen LogP contribution in [0.2, 0.25) is 0 Å². The lowest BCUT2D eigenvalue weighted by Gasteiger charge is -2.59. The summed E-state index contributed by atoms with van der Waals surface area (Å²) in [6.45, 7) is 4.52. The van der Waals surface area contributed by atoms with Crippen molar-refractivity contribution in [2.24, 2.45) is 11.8 Å². The third kappa shape index (κ3) is 1.23. The van der Waals surface area contributed by atoms with E-state index in [0.717, 1.165) is 18.6 Å². The molecule has 4 fully saturated rings. The standard InChI is InChI=1S/C21H24N2O/c1-2-4-16-15(3-1)21-7-9-22-12-13-6-10-24-17-5-8-23(16)20(21)19(17)14(13)11-18(21)22/h1-4,6,14,17-20H,5,7-12H2/t14-,17-,18+,19-,20-,21+/m0/s1. The van der Waals surface area contributed by atoms with Gasteiger partial charge in [0.2, 0.25) is 0 Å². The van der Waals surface area contributed by atoms with Gasteiger partial charge in [0.25, 0.3) is 0 Å². The number of benzene rings is 1. The number of anilines is 1. The van der Waals surface area contributed by atoms with Crippen molar-refractivity contribution in [3.05, 3.63) is 41.5 Å². The first kappa shape index (κ1) is 13.0. The fourth-order valence-corrected chi connectivity index (χ4v) is 7.68. The van der Waals surface area contributed by atoms with E-state index in [0.29, 0.717) is 23.5 Å². The van der Waals surface area contributed by atoms with Gasteiger partial charge in [-0.05, 0) is 43.4 Å². The van der Waals surface area contributed by atoms with E-state index in [4.69, 9.17) is 4.74 Å². The Morgan fingerprint density at radius 2 is 2.12 bits per heavy atom. The van der Waals surface area contributed by atoms with Gasteiger partial charge in [-0.2, -0.15) is 0 Å². The molecule has 6 aliphatic rings. The summed E-state index contributed by atoms with van der Waals surface area (Å²) in [7, 11) is 0. The zero-order chi connectivity index (χ0) is 15.5. The third-order valence-electron chi connectivity index (χ3n) is 8.33. The van der Waals surface area contributed by atoms with Crippen molar-refractivity contribution < 1.29 is 4.74 Å². The van der Waals surface area contributed by atoms with E-state index in [9.17, 15) is 0 Å². The van der Waals surface area contributed by atoms with Gasteiger partial charge in [0.15, 0.2) is 0 Å². The Labute approximate surface area is 143 Å². The molecule has 24 heavy (non-hydrogen) atoms. The van der Waals surface area contributed by atoms with Gasteiger partial charge in [-0.15, -0.1) is 0 Å². The molecule has 3 nitrogen and oxygen atoms in total. The summed E-state index contributed by atoms with van der Waals surface area (Å²) >= 11 is 0. The zero-order valence-corrected chi connectivity index (χ0v) is 14.0. The molecule has 7 rings (SSSR count). The number of ether oxygens (including phenoxy) is 1. The number of hydrogen-bond donors (Lipinski definition) is 0. The SMILES string of the molecule is C1=C2CN3CC[C@]45c6ccccc6N6CC[C@H](OC1)[C@@H]([C@H]64)[C@H]2C[C@@H]35. The van der Waals surface area contributed by atoms with Crippen LogP contribution in [0.3, 0.4) is 0 Å². The summed E-state index contributed by atoms with van der Waals surface area (Å²) < 4.78 is 6.40. The number of hydrogen-bond acceptors (Lipinski definition) is 3. The van der Waals surface area contributed by atoms with E-state index < -0.39 is 0 Å². The van der Waals surface area contributed by atoms with Gasteiger partial charge in [-0.3, -0.25) is 4.90 Å². The van der Waals surface area contributed by atoms with Crippen molar-refractivity contribution in [2.75, 3.05) is 31.1 Å². The van der Waals surface area contributed by atoms with Crippen LogP contribution in [0.25, 0.3) is 0 Å². The molecule has 2 bridgehead atoms. The minimum Gasteiger partial charge on any atom is -0.374 e. The van der Waals surface area contributed by atoms with Crippen LogP contribution >= 0.6 is 0 Å². The lowest BCUT2D eigenvalue weighted by Crippen LogP contribution is -2.68. The van der Waals surface area contributed by atoms with E-state index >= 15 is 0 Å². The molecule has 0 radical (unpaired) electrons. The predicted octanol–water partition coefficient (Wildman–Crippen LogP) is 2.57. The molecule has 1 spiro atoms. The maximum atomic E-state index is 6.40. The zero-order valence-electron chi connectivity index (χ0n) is 14.0. The molecule has 1 aromatic rings. The van der Waals surface area contributed by atoms with Crippen molar-refractivity contribution in [1.82, 2.24) is 4.90 Å². The Kier molecular flexibility index (Phi) is 2.20. The Morgan fingerprint density at radius 3 is 3.12 bits per heavy atom. The monoisotopic (exact) mass is 320 g/mol. The molecule has 0 aromatic heterocycles. The summed E-state index contributed by atoms with van der Waals surface area (Å²) in [5.41, 5.74) is 5.28. The Morgan fingerprint density at radius 1 is 1.17 bits per heavy atom. The first-order valence-electron chi connectivity index (χ1n) is 9.79. The van der Waals surface area contributed by atoms with Crippen LogP contribution in [0, 0.1) is 11.8 Å². The Balaban J connectivity index is 1.53. The fraction of sp³-hybridized carbons (Fsp3) is 0.619. The highest BCUT2D eigenvalue weighted by Crippen LogP contribution is 2.65. The van der Waals surface area contributed by atoms with Gasteiger partial charge >= 0.3 is 0 Å². The molecule has 3 heteroatoms. The van der Waals surface area contributed by atoms with Gasteiger partial charge in [0, 0.05) is 42.2 Å². The van der Waals surface area contributed by atoms with Crippen molar-refractivity contribution in [3.8, 4) is 0 Å². The van der Waals surface area contributed by atoms with E-state index in [2.05, 4.69) is 40.1 Å².